The van der Waals surface area contributed by atoms with Crippen molar-refractivity contribution >= 4 is 5.82 Å². The highest BCUT2D eigenvalue weighted by atomic mass is 16.5. The lowest BCUT2D eigenvalue weighted by atomic mass is 10.1. The lowest BCUT2D eigenvalue weighted by Crippen LogP contribution is -1.99. The van der Waals surface area contributed by atoms with Gasteiger partial charge >= 0.3 is 0 Å². The Morgan fingerprint density at radius 1 is 1.35 bits per heavy atom. The van der Waals surface area contributed by atoms with Gasteiger partial charge in [-0.2, -0.15) is 0 Å². The van der Waals surface area contributed by atoms with E-state index in [1.807, 2.05) is 31.3 Å². The lowest BCUT2D eigenvalue weighted by molar-refractivity contribution is 0.338. The predicted molar refractivity (Wildman–Crippen MR) is 66.9 cm³/mol. The van der Waals surface area contributed by atoms with Crippen LogP contribution >= 0.6 is 0 Å². The quantitative estimate of drug-likeness (QED) is 0.871. The summed E-state index contributed by atoms with van der Waals surface area (Å²) in [6.45, 7) is 2.59. The minimum absolute atomic E-state index is 0.564. The van der Waals surface area contributed by atoms with Crippen LogP contribution in [0.3, 0.4) is 0 Å². The Morgan fingerprint density at radius 2 is 2.24 bits per heavy atom. The summed E-state index contributed by atoms with van der Waals surface area (Å²) in [5.74, 6) is 1.35. The molecule has 2 rings (SSSR count). The second kappa shape index (κ2) is 5.30. The second-order valence-corrected chi connectivity index (χ2v) is 3.69. The van der Waals surface area contributed by atoms with Gasteiger partial charge < -0.3 is 10.5 Å². The first kappa shape index (κ1) is 11.4. The molecule has 0 amide bonds. The van der Waals surface area contributed by atoms with Crippen molar-refractivity contribution in [3.8, 4) is 5.75 Å². The molecule has 4 nitrogen and oxygen atoms in total. The van der Waals surface area contributed by atoms with Crippen molar-refractivity contribution in [2.45, 2.75) is 13.3 Å². The van der Waals surface area contributed by atoms with Crippen molar-refractivity contribution < 1.29 is 4.74 Å². The Bertz CT molecular complexity index is 500. The minimum Gasteiger partial charge on any atom is -0.492 e. The fraction of sp³-hybridized carbons (Fsp3) is 0.231. The molecule has 0 saturated heterocycles. The van der Waals surface area contributed by atoms with Crippen LogP contribution in [0.5, 0.6) is 5.75 Å². The Labute approximate surface area is 100 Å². The van der Waals surface area contributed by atoms with E-state index < -0.39 is 0 Å². The number of nitrogen functional groups attached to an aromatic ring is 1. The van der Waals surface area contributed by atoms with Gasteiger partial charge in [-0.1, -0.05) is 6.07 Å². The topological polar surface area (TPSA) is 61.0 Å². The number of aromatic nitrogens is 2. The molecular weight excluding hydrogens is 214 g/mol. The van der Waals surface area contributed by atoms with Gasteiger partial charge in [-0.05, 0) is 30.2 Å². The van der Waals surface area contributed by atoms with Gasteiger partial charge in [-0.3, -0.25) is 4.98 Å². The maximum atomic E-state index is 5.80. The van der Waals surface area contributed by atoms with E-state index in [1.165, 1.54) is 0 Å². The Kier molecular flexibility index (Phi) is 3.55. The van der Waals surface area contributed by atoms with Gasteiger partial charge in [-0.25, -0.2) is 4.98 Å². The van der Waals surface area contributed by atoms with Crippen LogP contribution in [0.25, 0.3) is 0 Å². The van der Waals surface area contributed by atoms with Crippen molar-refractivity contribution in [2.75, 3.05) is 12.3 Å². The summed E-state index contributed by atoms with van der Waals surface area (Å²) in [5, 5.41) is 0. The summed E-state index contributed by atoms with van der Waals surface area (Å²) < 4.78 is 5.41. The smallest absolute Gasteiger partial charge is 0.137 e. The number of hydrogen-bond donors (Lipinski definition) is 1. The van der Waals surface area contributed by atoms with Crippen LogP contribution in [0.1, 0.15) is 18.1 Å². The summed E-state index contributed by atoms with van der Waals surface area (Å²) in [5.41, 5.74) is 7.87. The van der Waals surface area contributed by atoms with E-state index in [4.69, 9.17) is 10.5 Å². The molecule has 2 aromatic rings. The lowest BCUT2D eigenvalue weighted by Gasteiger charge is -2.06. The molecule has 0 radical (unpaired) electrons. The molecule has 0 atom stereocenters. The van der Waals surface area contributed by atoms with Crippen LogP contribution in [0.15, 0.2) is 36.8 Å². The highest BCUT2D eigenvalue weighted by Gasteiger charge is 2.03. The molecular formula is C13H15N3O. The molecule has 2 aromatic heterocycles. The fourth-order valence-electron chi connectivity index (χ4n) is 1.63. The molecule has 88 valence electrons. The van der Waals surface area contributed by atoms with Gasteiger partial charge in [0.25, 0.3) is 0 Å². The van der Waals surface area contributed by atoms with Crippen LogP contribution in [0.4, 0.5) is 5.82 Å². The molecule has 0 aliphatic carbocycles. The number of nitrogens with zero attached hydrogens (tertiary/aromatic N) is 2. The summed E-state index contributed by atoms with van der Waals surface area (Å²) in [7, 11) is 0. The number of anilines is 1. The molecule has 0 aliphatic heterocycles. The Hall–Kier alpha value is -2.10. The average Bonchev–Trinajstić information content (AvgIpc) is 2.33. The van der Waals surface area contributed by atoms with Crippen molar-refractivity contribution in [2.24, 2.45) is 0 Å². The van der Waals surface area contributed by atoms with Crippen molar-refractivity contribution in [3.05, 3.63) is 47.9 Å². The standard InChI is InChI=1S/C13H15N3O/c1-2-17-12-7-10(8-15-9-12)6-11-4-3-5-16-13(11)14/h3-5,7-9H,2,6H2,1H3,(H2,14,16). The fourth-order valence-corrected chi connectivity index (χ4v) is 1.63. The number of hydrogen-bond acceptors (Lipinski definition) is 4. The highest BCUT2D eigenvalue weighted by Crippen LogP contribution is 2.17. The van der Waals surface area contributed by atoms with E-state index in [-0.39, 0.29) is 0 Å². The molecule has 0 aromatic carbocycles. The van der Waals surface area contributed by atoms with Crippen LogP contribution in [0, 0.1) is 0 Å². The Morgan fingerprint density at radius 3 is 3.00 bits per heavy atom. The van der Waals surface area contributed by atoms with Crippen LogP contribution in [0.2, 0.25) is 0 Å². The molecule has 17 heavy (non-hydrogen) atoms. The molecule has 2 N–H and O–H groups in total. The van der Waals surface area contributed by atoms with Crippen LogP contribution < -0.4 is 10.5 Å². The zero-order valence-corrected chi connectivity index (χ0v) is 9.76. The molecule has 2 heterocycles. The summed E-state index contributed by atoms with van der Waals surface area (Å²) in [6, 6.07) is 5.82. The maximum Gasteiger partial charge on any atom is 0.137 e. The third kappa shape index (κ3) is 2.93. The SMILES string of the molecule is CCOc1cncc(Cc2cccnc2N)c1. The normalized spacial score (nSPS) is 10.2. The van der Waals surface area contributed by atoms with Gasteiger partial charge in [0.05, 0.1) is 12.8 Å². The number of ether oxygens (including phenoxy) is 1. The number of pyridine rings is 2. The second-order valence-electron chi connectivity index (χ2n) is 3.69. The first-order valence-electron chi connectivity index (χ1n) is 5.55. The molecule has 0 fully saturated rings. The van der Waals surface area contributed by atoms with E-state index in [1.54, 1.807) is 12.4 Å². The van der Waals surface area contributed by atoms with Gasteiger partial charge in [0, 0.05) is 18.8 Å². The summed E-state index contributed by atoms with van der Waals surface area (Å²) in [4.78, 5) is 8.20. The summed E-state index contributed by atoms with van der Waals surface area (Å²) in [6.07, 6.45) is 5.93. The number of nitrogens with two attached hydrogens (primary N) is 1. The van der Waals surface area contributed by atoms with Gasteiger partial charge in [0.2, 0.25) is 0 Å². The zero-order chi connectivity index (χ0) is 12.1. The van der Waals surface area contributed by atoms with Gasteiger partial charge in [-0.15, -0.1) is 0 Å². The molecule has 4 heteroatoms. The van der Waals surface area contributed by atoms with E-state index in [0.29, 0.717) is 18.8 Å². The first-order chi connectivity index (χ1) is 8.29. The van der Waals surface area contributed by atoms with Crippen molar-refractivity contribution in [1.29, 1.82) is 0 Å². The molecule has 0 bridgehead atoms. The van der Waals surface area contributed by atoms with E-state index in [2.05, 4.69) is 9.97 Å². The van der Waals surface area contributed by atoms with Crippen molar-refractivity contribution in [3.63, 3.8) is 0 Å². The molecule has 0 spiro atoms. The molecule has 0 saturated carbocycles. The van der Waals surface area contributed by atoms with Crippen molar-refractivity contribution in [1.82, 2.24) is 9.97 Å². The van der Waals surface area contributed by atoms with E-state index in [9.17, 15) is 0 Å². The minimum atomic E-state index is 0.564. The highest BCUT2D eigenvalue weighted by molar-refractivity contribution is 5.42. The van der Waals surface area contributed by atoms with Gasteiger partial charge in [0.1, 0.15) is 11.6 Å². The maximum absolute atomic E-state index is 5.80. The zero-order valence-electron chi connectivity index (χ0n) is 9.76. The third-order valence-electron chi connectivity index (χ3n) is 2.40. The number of rotatable bonds is 4. The van der Waals surface area contributed by atoms with E-state index in [0.717, 1.165) is 16.9 Å². The summed E-state index contributed by atoms with van der Waals surface area (Å²) >= 11 is 0. The average molecular weight is 229 g/mol. The third-order valence-corrected chi connectivity index (χ3v) is 2.40. The van der Waals surface area contributed by atoms with Crippen LogP contribution in [-0.2, 0) is 6.42 Å². The van der Waals surface area contributed by atoms with Gasteiger partial charge in [0.15, 0.2) is 0 Å². The van der Waals surface area contributed by atoms with Crippen LogP contribution in [-0.4, -0.2) is 16.6 Å². The largest absolute Gasteiger partial charge is 0.492 e. The molecule has 0 unspecified atom stereocenters. The first-order valence-corrected chi connectivity index (χ1v) is 5.55. The van der Waals surface area contributed by atoms with E-state index >= 15 is 0 Å². The molecule has 0 aliphatic rings. The predicted octanol–water partition coefficient (Wildman–Crippen LogP) is 2.05. The monoisotopic (exact) mass is 229 g/mol. The Balaban J connectivity index is 2.18.